The molecule has 1 saturated carbocycles. The van der Waals surface area contributed by atoms with Crippen LogP contribution in [0.1, 0.15) is 43.7 Å². The molecule has 0 aromatic heterocycles. The van der Waals surface area contributed by atoms with Crippen LogP contribution in [0.2, 0.25) is 0 Å². The smallest absolute Gasteiger partial charge is 0.140 e. The summed E-state index contributed by atoms with van der Waals surface area (Å²) in [4.78, 5) is 11.8. The second-order valence-electron chi connectivity index (χ2n) is 5.20. The van der Waals surface area contributed by atoms with Crippen molar-refractivity contribution in [1.82, 2.24) is 0 Å². The van der Waals surface area contributed by atoms with Crippen LogP contribution >= 0.6 is 0 Å². The Labute approximate surface area is 103 Å². The molecule has 1 fully saturated rings. The zero-order valence-electron chi connectivity index (χ0n) is 11.0. The molecule has 0 radical (unpaired) electrons. The van der Waals surface area contributed by atoms with Gasteiger partial charge in [-0.15, -0.1) is 0 Å². The van der Waals surface area contributed by atoms with Crippen LogP contribution in [0.15, 0.2) is 18.2 Å². The molecule has 0 N–H and O–H groups in total. The molecule has 0 heterocycles. The van der Waals surface area contributed by atoms with Crippen LogP contribution in [0.25, 0.3) is 0 Å². The Kier molecular flexibility index (Phi) is 2.98. The van der Waals surface area contributed by atoms with Gasteiger partial charge >= 0.3 is 0 Å². The quantitative estimate of drug-likeness (QED) is 0.797. The number of Topliss-reactive ketones (excluding diaryl/α,β-unsaturated/α-hetero) is 1. The lowest BCUT2D eigenvalue weighted by molar-refractivity contribution is -0.139. The molecule has 1 aliphatic rings. The summed E-state index contributed by atoms with van der Waals surface area (Å²) in [5, 5.41) is 0. The molecule has 0 saturated heterocycles. The summed E-state index contributed by atoms with van der Waals surface area (Å²) >= 11 is 0. The summed E-state index contributed by atoms with van der Waals surface area (Å²) in [6.45, 7) is 6.24. The van der Waals surface area contributed by atoms with Crippen LogP contribution in [0.3, 0.4) is 0 Å². The van der Waals surface area contributed by atoms with Gasteiger partial charge in [0.1, 0.15) is 11.5 Å². The van der Waals surface area contributed by atoms with Crippen molar-refractivity contribution >= 4 is 5.78 Å². The van der Waals surface area contributed by atoms with E-state index in [1.54, 1.807) is 7.11 Å². The molecule has 92 valence electrons. The van der Waals surface area contributed by atoms with Crippen LogP contribution in [0, 0.1) is 12.3 Å². The minimum Gasteiger partial charge on any atom is -0.496 e. The SMILES string of the molecule is CCC1(C)C(=O)CC1c1cc(C)ccc1OC. The van der Waals surface area contributed by atoms with Crippen molar-refractivity contribution in [2.45, 2.75) is 39.5 Å². The third-order valence-corrected chi connectivity index (χ3v) is 4.29. The zero-order valence-corrected chi connectivity index (χ0v) is 11.0. The van der Waals surface area contributed by atoms with Gasteiger partial charge < -0.3 is 4.74 Å². The van der Waals surface area contributed by atoms with E-state index in [-0.39, 0.29) is 5.41 Å². The number of hydrogen-bond acceptors (Lipinski definition) is 2. The molecule has 2 nitrogen and oxygen atoms in total. The summed E-state index contributed by atoms with van der Waals surface area (Å²) in [5.74, 6) is 1.61. The van der Waals surface area contributed by atoms with Crippen molar-refractivity contribution in [2.75, 3.05) is 7.11 Å². The molecule has 2 atom stereocenters. The highest BCUT2D eigenvalue weighted by molar-refractivity contribution is 5.93. The van der Waals surface area contributed by atoms with Gasteiger partial charge in [-0.05, 0) is 25.0 Å². The molecule has 0 bridgehead atoms. The predicted octanol–water partition coefficient (Wildman–Crippen LogP) is 3.48. The Balaban J connectivity index is 2.41. The van der Waals surface area contributed by atoms with Gasteiger partial charge in [0, 0.05) is 17.8 Å². The molecule has 0 spiro atoms. The summed E-state index contributed by atoms with van der Waals surface area (Å²) in [5.41, 5.74) is 2.22. The van der Waals surface area contributed by atoms with Crippen molar-refractivity contribution in [3.05, 3.63) is 29.3 Å². The van der Waals surface area contributed by atoms with Crippen LogP contribution in [-0.2, 0) is 4.79 Å². The number of ether oxygens (including phenoxy) is 1. The largest absolute Gasteiger partial charge is 0.496 e. The number of hydrogen-bond donors (Lipinski definition) is 0. The maximum atomic E-state index is 11.8. The van der Waals surface area contributed by atoms with Gasteiger partial charge in [0.2, 0.25) is 0 Å². The topological polar surface area (TPSA) is 26.3 Å². The standard InChI is InChI=1S/C15H20O2/c1-5-15(3)12(9-14(15)16)11-8-10(2)6-7-13(11)17-4/h6-8,12H,5,9H2,1-4H3. The third-order valence-electron chi connectivity index (χ3n) is 4.29. The summed E-state index contributed by atoms with van der Waals surface area (Å²) < 4.78 is 5.42. The molecular formula is C15H20O2. The molecule has 17 heavy (non-hydrogen) atoms. The van der Waals surface area contributed by atoms with Crippen LogP contribution in [0.5, 0.6) is 5.75 Å². The molecule has 1 aromatic carbocycles. The van der Waals surface area contributed by atoms with E-state index in [1.807, 2.05) is 12.1 Å². The van der Waals surface area contributed by atoms with Gasteiger partial charge in [0.15, 0.2) is 0 Å². The lowest BCUT2D eigenvalue weighted by atomic mass is 9.56. The van der Waals surface area contributed by atoms with Crippen LogP contribution in [0.4, 0.5) is 0 Å². The molecule has 2 heteroatoms. The Morgan fingerprint density at radius 3 is 2.71 bits per heavy atom. The van der Waals surface area contributed by atoms with Crippen molar-refractivity contribution < 1.29 is 9.53 Å². The summed E-state index contributed by atoms with van der Waals surface area (Å²) in [6.07, 6.45) is 1.55. The monoisotopic (exact) mass is 232 g/mol. The first-order valence-corrected chi connectivity index (χ1v) is 6.20. The summed E-state index contributed by atoms with van der Waals surface area (Å²) in [6, 6.07) is 6.21. The highest BCUT2D eigenvalue weighted by atomic mass is 16.5. The minimum absolute atomic E-state index is 0.193. The average Bonchev–Trinajstić information content (AvgIpc) is 2.34. The molecule has 2 rings (SSSR count). The van der Waals surface area contributed by atoms with E-state index >= 15 is 0 Å². The zero-order chi connectivity index (χ0) is 12.6. The molecule has 1 aromatic rings. The number of methoxy groups -OCH3 is 1. The first-order chi connectivity index (χ1) is 8.02. The van der Waals surface area contributed by atoms with Crippen LogP contribution in [-0.4, -0.2) is 12.9 Å². The fraction of sp³-hybridized carbons (Fsp3) is 0.533. The average molecular weight is 232 g/mol. The van der Waals surface area contributed by atoms with E-state index in [1.165, 1.54) is 11.1 Å². The van der Waals surface area contributed by atoms with Crippen molar-refractivity contribution in [2.24, 2.45) is 5.41 Å². The first-order valence-electron chi connectivity index (χ1n) is 6.20. The van der Waals surface area contributed by atoms with E-state index in [0.29, 0.717) is 18.1 Å². The minimum atomic E-state index is -0.193. The molecular weight excluding hydrogens is 212 g/mol. The Bertz CT molecular complexity index is 450. The number of ketones is 1. The number of carbonyl (C=O) groups is 1. The molecule has 0 aliphatic heterocycles. The highest BCUT2D eigenvalue weighted by Gasteiger charge is 2.50. The Morgan fingerprint density at radius 1 is 1.47 bits per heavy atom. The van der Waals surface area contributed by atoms with Gasteiger partial charge in [0.25, 0.3) is 0 Å². The van der Waals surface area contributed by atoms with Gasteiger partial charge in [-0.3, -0.25) is 4.79 Å². The van der Waals surface area contributed by atoms with Crippen LogP contribution < -0.4 is 4.74 Å². The van der Waals surface area contributed by atoms with Crippen molar-refractivity contribution in [3.8, 4) is 5.75 Å². The van der Waals surface area contributed by atoms with E-state index < -0.39 is 0 Å². The Hall–Kier alpha value is -1.31. The molecule has 0 amide bonds. The predicted molar refractivity (Wildman–Crippen MR) is 68.5 cm³/mol. The lowest BCUT2D eigenvalue weighted by Gasteiger charge is -2.45. The van der Waals surface area contributed by atoms with E-state index in [9.17, 15) is 4.79 Å². The maximum Gasteiger partial charge on any atom is 0.140 e. The first kappa shape index (κ1) is 12.2. The van der Waals surface area contributed by atoms with E-state index in [0.717, 1.165) is 12.2 Å². The normalized spacial score (nSPS) is 27.8. The second-order valence-corrected chi connectivity index (χ2v) is 5.20. The number of rotatable bonds is 3. The van der Waals surface area contributed by atoms with E-state index in [4.69, 9.17) is 4.74 Å². The van der Waals surface area contributed by atoms with E-state index in [2.05, 4.69) is 26.8 Å². The number of carbonyl (C=O) groups excluding carboxylic acids is 1. The van der Waals surface area contributed by atoms with Crippen molar-refractivity contribution in [1.29, 1.82) is 0 Å². The fourth-order valence-corrected chi connectivity index (χ4v) is 2.73. The maximum absolute atomic E-state index is 11.8. The number of aryl methyl sites for hydroxylation is 1. The lowest BCUT2D eigenvalue weighted by Crippen LogP contribution is -2.45. The fourth-order valence-electron chi connectivity index (χ4n) is 2.73. The van der Waals surface area contributed by atoms with Crippen molar-refractivity contribution in [3.63, 3.8) is 0 Å². The van der Waals surface area contributed by atoms with Gasteiger partial charge in [-0.2, -0.15) is 0 Å². The molecule has 1 aliphatic carbocycles. The highest BCUT2D eigenvalue weighted by Crippen LogP contribution is 2.53. The second kappa shape index (κ2) is 4.17. The summed E-state index contributed by atoms with van der Waals surface area (Å²) in [7, 11) is 1.69. The molecule has 2 unspecified atom stereocenters. The third kappa shape index (κ3) is 1.76. The Morgan fingerprint density at radius 2 is 2.18 bits per heavy atom. The van der Waals surface area contributed by atoms with Gasteiger partial charge in [-0.1, -0.05) is 31.5 Å². The number of benzene rings is 1. The van der Waals surface area contributed by atoms with Gasteiger partial charge in [0.05, 0.1) is 7.11 Å². The van der Waals surface area contributed by atoms with Gasteiger partial charge in [-0.25, -0.2) is 0 Å².